The lowest BCUT2D eigenvalue weighted by molar-refractivity contribution is 0.0690. The highest BCUT2D eigenvalue weighted by Gasteiger charge is 2.20. The monoisotopic (exact) mass is 327 g/mol. The normalized spacial score (nSPS) is 10.5. The molecule has 0 aliphatic heterocycles. The Morgan fingerprint density at radius 3 is 2.38 bits per heavy atom. The van der Waals surface area contributed by atoms with Crippen LogP contribution in [0.2, 0.25) is 0 Å². The first-order valence-corrected chi connectivity index (χ1v) is 8.22. The quantitative estimate of drug-likeness (QED) is 0.767. The highest BCUT2D eigenvalue weighted by molar-refractivity contribution is 5.95. The molecule has 0 fully saturated rings. The molecular weight excluding hydrogens is 302 g/mol. The van der Waals surface area contributed by atoms with Gasteiger partial charge in [0.05, 0.1) is 13.7 Å². The van der Waals surface area contributed by atoms with Crippen LogP contribution in [-0.2, 0) is 6.54 Å². The Balaban J connectivity index is 2.28. The van der Waals surface area contributed by atoms with E-state index in [0.29, 0.717) is 30.2 Å². The summed E-state index contributed by atoms with van der Waals surface area (Å²) >= 11 is 0. The van der Waals surface area contributed by atoms with E-state index in [4.69, 9.17) is 9.47 Å². The summed E-state index contributed by atoms with van der Waals surface area (Å²) in [6.45, 7) is 7.05. The van der Waals surface area contributed by atoms with Crippen LogP contribution >= 0.6 is 0 Å². The summed E-state index contributed by atoms with van der Waals surface area (Å²) in [6.07, 6.45) is 0. The van der Waals surface area contributed by atoms with Gasteiger partial charge in [-0.05, 0) is 44.5 Å². The van der Waals surface area contributed by atoms with Crippen molar-refractivity contribution in [3.05, 3.63) is 59.7 Å². The molecule has 0 saturated heterocycles. The van der Waals surface area contributed by atoms with E-state index in [-0.39, 0.29) is 11.9 Å². The van der Waals surface area contributed by atoms with Crippen molar-refractivity contribution in [1.29, 1.82) is 0 Å². The van der Waals surface area contributed by atoms with Crippen LogP contribution in [0.5, 0.6) is 11.5 Å². The van der Waals surface area contributed by atoms with E-state index in [9.17, 15) is 4.79 Å². The van der Waals surface area contributed by atoms with Crippen molar-refractivity contribution in [3.63, 3.8) is 0 Å². The predicted molar refractivity (Wildman–Crippen MR) is 95.6 cm³/mol. The van der Waals surface area contributed by atoms with E-state index in [2.05, 4.69) is 0 Å². The van der Waals surface area contributed by atoms with Gasteiger partial charge in [0, 0.05) is 18.2 Å². The number of carbonyl (C=O) groups is 1. The molecule has 0 bridgehead atoms. The van der Waals surface area contributed by atoms with Crippen molar-refractivity contribution in [2.45, 2.75) is 33.4 Å². The third-order valence-electron chi connectivity index (χ3n) is 3.79. The number of rotatable bonds is 7. The molecule has 128 valence electrons. The van der Waals surface area contributed by atoms with Gasteiger partial charge in [-0.3, -0.25) is 4.79 Å². The maximum absolute atomic E-state index is 13.0. The van der Waals surface area contributed by atoms with Gasteiger partial charge in [0.15, 0.2) is 11.5 Å². The van der Waals surface area contributed by atoms with Gasteiger partial charge >= 0.3 is 0 Å². The third-order valence-corrected chi connectivity index (χ3v) is 3.79. The molecule has 0 saturated carbocycles. The van der Waals surface area contributed by atoms with E-state index < -0.39 is 0 Å². The number of hydrogen-bond donors (Lipinski definition) is 0. The molecule has 24 heavy (non-hydrogen) atoms. The SMILES string of the molecule is CCOc1cc(C(=O)N(Cc2ccccc2)C(C)C)ccc1OC. The van der Waals surface area contributed by atoms with Gasteiger partial charge in [0.2, 0.25) is 0 Å². The fourth-order valence-corrected chi connectivity index (χ4v) is 2.51. The van der Waals surface area contributed by atoms with Gasteiger partial charge in [0.25, 0.3) is 5.91 Å². The molecule has 0 aliphatic carbocycles. The van der Waals surface area contributed by atoms with E-state index >= 15 is 0 Å². The average Bonchev–Trinajstić information content (AvgIpc) is 2.60. The molecule has 2 rings (SSSR count). The van der Waals surface area contributed by atoms with Crippen molar-refractivity contribution >= 4 is 5.91 Å². The van der Waals surface area contributed by atoms with E-state index in [1.165, 1.54) is 0 Å². The number of amides is 1. The Morgan fingerprint density at radius 2 is 1.79 bits per heavy atom. The minimum absolute atomic E-state index is 0.0162. The molecule has 0 unspecified atom stereocenters. The summed E-state index contributed by atoms with van der Waals surface area (Å²) in [6, 6.07) is 15.4. The maximum Gasteiger partial charge on any atom is 0.254 e. The van der Waals surface area contributed by atoms with Crippen molar-refractivity contribution < 1.29 is 14.3 Å². The molecule has 0 spiro atoms. The van der Waals surface area contributed by atoms with Crippen molar-refractivity contribution in [1.82, 2.24) is 4.90 Å². The second-order valence-electron chi connectivity index (χ2n) is 5.81. The minimum Gasteiger partial charge on any atom is -0.493 e. The van der Waals surface area contributed by atoms with Crippen molar-refractivity contribution in [2.24, 2.45) is 0 Å². The molecule has 4 heteroatoms. The summed E-state index contributed by atoms with van der Waals surface area (Å²) < 4.78 is 10.9. The van der Waals surface area contributed by atoms with Crippen LogP contribution in [-0.4, -0.2) is 30.6 Å². The van der Waals surface area contributed by atoms with E-state index in [1.54, 1.807) is 25.3 Å². The fraction of sp³-hybridized carbons (Fsp3) is 0.350. The summed E-state index contributed by atoms with van der Waals surface area (Å²) in [5.41, 5.74) is 1.71. The lowest BCUT2D eigenvalue weighted by Crippen LogP contribution is -2.36. The van der Waals surface area contributed by atoms with Crippen LogP contribution in [0.1, 0.15) is 36.7 Å². The molecule has 2 aromatic carbocycles. The zero-order valence-corrected chi connectivity index (χ0v) is 14.8. The Kier molecular flexibility index (Phi) is 6.24. The number of ether oxygens (including phenoxy) is 2. The second kappa shape index (κ2) is 8.39. The van der Waals surface area contributed by atoms with Gasteiger partial charge in [-0.25, -0.2) is 0 Å². The first kappa shape index (κ1) is 17.9. The summed E-state index contributed by atoms with van der Waals surface area (Å²) in [5, 5.41) is 0. The van der Waals surface area contributed by atoms with Crippen LogP contribution in [0, 0.1) is 0 Å². The Bertz CT molecular complexity index is 668. The Hall–Kier alpha value is -2.49. The standard InChI is InChI=1S/C20H25NO3/c1-5-24-19-13-17(11-12-18(19)23-4)20(22)21(15(2)3)14-16-9-7-6-8-10-16/h6-13,15H,5,14H2,1-4H3. The molecule has 4 nitrogen and oxygen atoms in total. The van der Waals surface area contributed by atoms with Crippen molar-refractivity contribution in [2.75, 3.05) is 13.7 Å². The lowest BCUT2D eigenvalue weighted by Gasteiger charge is -2.27. The topological polar surface area (TPSA) is 38.8 Å². The number of hydrogen-bond acceptors (Lipinski definition) is 3. The van der Waals surface area contributed by atoms with Gasteiger partial charge < -0.3 is 14.4 Å². The zero-order valence-electron chi connectivity index (χ0n) is 14.8. The number of carbonyl (C=O) groups excluding carboxylic acids is 1. The zero-order chi connectivity index (χ0) is 17.5. The van der Waals surface area contributed by atoms with Gasteiger partial charge in [-0.2, -0.15) is 0 Å². The predicted octanol–water partition coefficient (Wildman–Crippen LogP) is 4.14. The molecule has 0 heterocycles. The van der Waals surface area contributed by atoms with Crippen LogP contribution in [0.4, 0.5) is 0 Å². The number of benzene rings is 2. The largest absolute Gasteiger partial charge is 0.493 e. The first-order valence-electron chi connectivity index (χ1n) is 8.22. The molecule has 2 aromatic rings. The third kappa shape index (κ3) is 4.28. The lowest BCUT2D eigenvalue weighted by atomic mass is 10.1. The molecule has 0 aliphatic rings. The molecule has 0 N–H and O–H groups in total. The summed E-state index contributed by atoms with van der Waals surface area (Å²) in [4.78, 5) is 14.8. The maximum atomic E-state index is 13.0. The smallest absolute Gasteiger partial charge is 0.254 e. The molecule has 0 radical (unpaired) electrons. The molecule has 0 atom stereocenters. The highest BCUT2D eigenvalue weighted by atomic mass is 16.5. The molecule has 0 aromatic heterocycles. The number of nitrogens with zero attached hydrogens (tertiary/aromatic N) is 1. The Morgan fingerprint density at radius 1 is 1.08 bits per heavy atom. The van der Waals surface area contributed by atoms with Crippen LogP contribution in [0.15, 0.2) is 48.5 Å². The average molecular weight is 327 g/mol. The highest BCUT2D eigenvalue weighted by Crippen LogP contribution is 2.29. The first-order chi connectivity index (χ1) is 11.6. The molecule has 1 amide bonds. The van der Waals surface area contributed by atoms with E-state index in [1.807, 2.05) is 56.0 Å². The van der Waals surface area contributed by atoms with Crippen LogP contribution < -0.4 is 9.47 Å². The van der Waals surface area contributed by atoms with Gasteiger partial charge in [-0.1, -0.05) is 30.3 Å². The second-order valence-corrected chi connectivity index (χ2v) is 5.81. The minimum atomic E-state index is -0.0162. The van der Waals surface area contributed by atoms with Crippen LogP contribution in [0.3, 0.4) is 0 Å². The van der Waals surface area contributed by atoms with Crippen LogP contribution in [0.25, 0.3) is 0 Å². The van der Waals surface area contributed by atoms with Crippen molar-refractivity contribution in [3.8, 4) is 11.5 Å². The van der Waals surface area contributed by atoms with Gasteiger partial charge in [0.1, 0.15) is 0 Å². The summed E-state index contributed by atoms with van der Waals surface area (Å²) in [7, 11) is 1.59. The molecular formula is C20H25NO3. The summed E-state index contributed by atoms with van der Waals surface area (Å²) in [5.74, 6) is 1.21. The van der Waals surface area contributed by atoms with E-state index in [0.717, 1.165) is 5.56 Å². The Labute approximate surface area is 144 Å². The van der Waals surface area contributed by atoms with Gasteiger partial charge in [-0.15, -0.1) is 0 Å². The fourth-order valence-electron chi connectivity index (χ4n) is 2.51. The number of methoxy groups -OCH3 is 1.